The lowest BCUT2D eigenvalue weighted by Crippen LogP contribution is -2.39. The Morgan fingerprint density at radius 1 is 1.47 bits per heavy atom. The van der Waals surface area contributed by atoms with Gasteiger partial charge in [-0.1, -0.05) is 0 Å². The average Bonchev–Trinajstić information content (AvgIpc) is 2.33. The van der Waals surface area contributed by atoms with E-state index in [4.69, 9.17) is 0 Å². The van der Waals surface area contributed by atoms with E-state index < -0.39 is 26.7 Å². The van der Waals surface area contributed by atoms with E-state index in [9.17, 15) is 17.7 Å². The predicted octanol–water partition coefficient (Wildman–Crippen LogP) is -1.50. The SMILES string of the molecule is CS(=O)CCCNC1CS(=O)(=O)CC1O. The molecule has 0 aromatic heterocycles. The summed E-state index contributed by atoms with van der Waals surface area (Å²) in [6, 6.07) is -0.361. The molecular weight excluding hydrogens is 238 g/mol. The highest BCUT2D eigenvalue weighted by atomic mass is 32.2. The number of nitrogens with one attached hydrogen (secondary N) is 1. The average molecular weight is 255 g/mol. The Morgan fingerprint density at radius 2 is 2.13 bits per heavy atom. The zero-order chi connectivity index (χ0) is 11.5. The van der Waals surface area contributed by atoms with E-state index in [1.54, 1.807) is 6.26 Å². The standard InChI is InChI=1S/C8H17NO4S2/c1-14(11)4-2-3-9-7-5-15(12,13)6-8(7)10/h7-10H,2-6H2,1H3. The van der Waals surface area contributed by atoms with Crippen LogP contribution in [0.4, 0.5) is 0 Å². The molecule has 1 rings (SSSR count). The van der Waals surface area contributed by atoms with Gasteiger partial charge in [0.25, 0.3) is 0 Å². The smallest absolute Gasteiger partial charge is 0.154 e. The van der Waals surface area contributed by atoms with Crippen molar-refractivity contribution in [2.75, 3.05) is 30.1 Å². The molecule has 0 saturated carbocycles. The first-order valence-electron chi connectivity index (χ1n) is 4.82. The number of hydrogen-bond donors (Lipinski definition) is 2. The van der Waals surface area contributed by atoms with Crippen LogP contribution in [0.25, 0.3) is 0 Å². The van der Waals surface area contributed by atoms with Crippen molar-refractivity contribution in [1.82, 2.24) is 5.32 Å². The number of hydrogen-bond acceptors (Lipinski definition) is 5. The van der Waals surface area contributed by atoms with Crippen molar-refractivity contribution in [2.24, 2.45) is 0 Å². The first kappa shape index (κ1) is 13.1. The van der Waals surface area contributed by atoms with Crippen LogP contribution in [0.5, 0.6) is 0 Å². The Bertz CT molecular complexity index is 328. The molecule has 0 aromatic rings. The van der Waals surface area contributed by atoms with Gasteiger partial charge in [0.05, 0.1) is 17.6 Å². The van der Waals surface area contributed by atoms with Crippen molar-refractivity contribution in [2.45, 2.75) is 18.6 Å². The van der Waals surface area contributed by atoms with E-state index in [0.717, 1.165) is 6.42 Å². The second kappa shape index (κ2) is 5.38. The highest BCUT2D eigenvalue weighted by Gasteiger charge is 2.35. The zero-order valence-electron chi connectivity index (χ0n) is 8.68. The van der Waals surface area contributed by atoms with Crippen molar-refractivity contribution in [3.05, 3.63) is 0 Å². The fourth-order valence-electron chi connectivity index (χ4n) is 1.59. The Morgan fingerprint density at radius 3 is 2.60 bits per heavy atom. The van der Waals surface area contributed by atoms with Crippen LogP contribution in [-0.2, 0) is 20.6 Å². The maximum absolute atomic E-state index is 11.1. The van der Waals surface area contributed by atoms with Crippen molar-refractivity contribution < 1.29 is 17.7 Å². The van der Waals surface area contributed by atoms with Crippen LogP contribution in [-0.4, -0.2) is 59.9 Å². The quantitative estimate of drug-likeness (QED) is 0.584. The molecule has 3 unspecified atom stereocenters. The summed E-state index contributed by atoms with van der Waals surface area (Å²) in [5.41, 5.74) is 0. The van der Waals surface area contributed by atoms with Gasteiger partial charge in [-0.2, -0.15) is 0 Å². The fraction of sp³-hybridized carbons (Fsp3) is 1.00. The molecule has 15 heavy (non-hydrogen) atoms. The lowest BCUT2D eigenvalue weighted by molar-refractivity contribution is 0.166. The second-order valence-corrected chi connectivity index (χ2v) is 7.54. The van der Waals surface area contributed by atoms with Gasteiger partial charge in [-0.15, -0.1) is 0 Å². The molecule has 1 aliphatic rings. The molecule has 0 radical (unpaired) electrons. The molecule has 0 amide bonds. The van der Waals surface area contributed by atoms with E-state index in [2.05, 4.69) is 5.32 Å². The summed E-state index contributed by atoms with van der Waals surface area (Å²) in [6.45, 7) is 0.594. The number of aliphatic hydroxyl groups is 1. The topological polar surface area (TPSA) is 83.5 Å². The van der Waals surface area contributed by atoms with Crippen LogP contribution in [0.2, 0.25) is 0 Å². The van der Waals surface area contributed by atoms with Gasteiger partial charge in [0, 0.05) is 28.9 Å². The Kier molecular flexibility index (Phi) is 4.69. The molecule has 1 fully saturated rings. The lowest BCUT2D eigenvalue weighted by atomic mass is 10.2. The summed E-state index contributed by atoms with van der Waals surface area (Å²) in [5.74, 6) is 0.455. The third-order valence-corrected chi connectivity index (χ3v) is 4.92. The molecule has 2 N–H and O–H groups in total. The molecule has 90 valence electrons. The number of rotatable bonds is 5. The molecule has 3 atom stereocenters. The maximum Gasteiger partial charge on any atom is 0.154 e. The van der Waals surface area contributed by atoms with Crippen LogP contribution in [0, 0.1) is 0 Å². The van der Waals surface area contributed by atoms with E-state index in [-0.39, 0.29) is 17.5 Å². The van der Waals surface area contributed by atoms with Crippen molar-refractivity contribution in [3.8, 4) is 0 Å². The van der Waals surface area contributed by atoms with Gasteiger partial charge in [-0.3, -0.25) is 4.21 Å². The third-order valence-electron chi connectivity index (χ3n) is 2.34. The van der Waals surface area contributed by atoms with E-state index in [1.807, 2.05) is 0 Å². The molecule has 0 bridgehead atoms. The van der Waals surface area contributed by atoms with Gasteiger partial charge in [0.2, 0.25) is 0 Å². The molecule has 1 aliphatic heterocycles. The summed E-state index contributed by atoms with van der Waals surface area (Å²) in [6.07, 6.45) is 1.56. The van der Waals surface area contributed by atoms with E-state index >= 15 is 0 Å². The van der Waals surface area contributed by atoms with Crippen LogP contribution in [0.1, 0.15) is 6.42 Å². The van der Waals surface area contributed by atoms with Gasteiger partial charge in [0.15, 0.2) is 9.84 Å². The van der Waals surface area contributed by atoms with Crippen molar-refractivity contribution in [1.29, 1.82) is 0 Å². The van der Waals surface area contributed by atoms with Crippen LogP contribution < -0.4 is 5.32 Å². The summed E-state index contributed by atoms with van der Waals surface area (Å²) in [7, 11) is -3.88. The molecule has 1 heterocycles. The van der Waals surface area contributed by atoms with Crippen LogP contribution >= 0.6 is 0 Å². The Hall–Kier alpha value is 0.0200. The Labute approximate surface area is 92.6 Å². The zero-order valence-corrected chi connectivity index (χ0v) is 10.3. The minimum atomic E-state index is -3.07. The molecule has 1 saturated heterocycles. The minimum absolute atomic E-state index is 0.00335. The maximum atomic E-state index is 11.1. The molecular formula is C8H17NO4S2. The van der Waals surface area contributed by atoms with Gasteiger partial charge in [0.1, 0.15) is 0 Å². The van der Waals surface area contributed by atoms with Gasteiger partial charge in [-0.25, -0.2) is 8.42 Å². The summed E-state index contributed by atoms with van der Waals surface area (Å²) >= 11 is 0. The normalized spacial score (nSPS) is 31.6. The highest BCUT2D eigenvalue weighted by Crippen LogP contribution is 2.12. The fourth-order valence-corrected chi connectivity index (χ4v) is 3.91. The van der Waals surface area contributed by atoms with Crippen molar-refractivity contribution in [3.63, 3.8) is 0 Å². The monoisotopic (exact) mass is 255 g/mol. The van der Waals surface area contributed by atoms with Gasteiger partial charge < -0.3 is 10.4 Å². The second-order valence-electron chi connectivity index (χ2n) is 3.84. The molecule has 7 heteroatoms. The molecule has 5 nitrogen and oxygen atoms in total. The first-order chi connectivity index (χ1) is 6.91. The van der Waals surface area contributed by atoms with Crippen molar-refractivity contribution >= 4 is 20.6 Å². The van der Waals surface area contributed by atoms with Gasteiger partial charge >= 0.3 is 0 Å². The lowest BCUT2D eigenvalue weighted by Gasteiger charge is -2.14. The first-order valence-corrected chi connectivity index (χ1v) is 8.37. The number of sulfone groups is 1. The predicted molar refractivity (Wildman–Crippen MR) is 60.0 cm³/mol. The molecule has 0 aliphatic carbocycles. The van der Waals surface area contributed by atoms with Crippen LogP contribution in [0.15, 0.2) is 0 Å². The van der Waals surface area contributed by atoms with Gasteiger partial charge in [-0.05, 0) is 13.0 Å². The third kappa shape index (κ3) is 4.58. The van der Waals surface area contributed by atoms with E-state index in [0.29, 0.717) is 12.3 Å². The summed E-state index contributed by atoms with van der Waals surface area (Å²) in [5, 5.41) is 12.4. The summed E-state index contributed by atoms with van der Waals surface area (Å²) < 4.78 is 33.0. The van der Waals surface area contributed by atoms with Crippen LogP contribution in [0.3, 0.4) is 0 Å². The highest BCUT2D eigenvalue weighted by molar-refractivity contribution is 7.91. The minimum Gasteiger partial charge on any atom is -0.390 e. The largest absolute Gasteiger partial charge is 0.390 e. The molecule has 0 spiro atoms. The Balaban J connectivity index is 2.25. The van der Waals surface area contributed by atoms with E-state index in [1.165, 1.54) is 0 Å². The number of aliphatic hydroxyl groups excluding tert-OH is 1. The summed E-state index contributed by atoms with van der Waals surface area (Å²) in [4.78, 5) is 0. The molecule has 0 aromatic carbocycles.